The number of phenolic OH excluding ortho intramolecular Hbond substituents is 1. The first-order valence-corrected chi connectivity index (χ1v) is 4.44. The van der Waals surface area contributed by atoms with E-state index in [1.54, 1.807) is 12.1 Å². The number of anilines is 1. The van der Waals surface area contributed by atoms with Crippen LogP contribution in [0, 0.1) is 0 Å². The zero-order valence-corrected chi connectivity index (χ0v) is 8.08. The normalized spacial score (nSPS) is 9.79. The van der Waals surface area contributed by atoms with Gasteiger partial charge in [-0.25, -0.2) is 0 Å². The highest BCUT2D eigenvalue weighted by Crippen LogP contribution is 2.23. The number of carbonyl (C=O) groups excluding carboxylic acids is 1. The molecule has 76 valence electrons. The molecule has 4 nitrogen and oxygen atoms in total. The number of hydrogen-bond acceptors (Lipinski definition) is 3. The molecule has 14 heavy (non-hydrogen) atoms. The molecule has 0 saturated heterocycles. The molecule has 0 radical (unpaired) electrons. The average molecular weight is 194 g/mol. The molecule has 0 saturated carbocycles. The summed E-state index contributed by atoms with van der Waals surface area (Å²) in [5.74, 6) is 0.0882. The van der Waals surface area contributed by atoms with Crippen LogP contribution in [0.5, 0.6) is 5.75 Å². The highest BCUT2D eigenvalue weighted by molar-refractivity contribution is 5.75. The van der Waals surface area contributed by atoms with Gasteiger partial charge in [0, 0.05) is 0 Å². The Bertz CT molecular complexity index is 313. The fourth-order valence-corrected chi connectivity index (χ4v) is 1.19. The van der Waals surface area contributed by atoms with Gasteiger partial charge in [0.2, 0.25) is 6.41 Å². The fraction of sp³-hybridized carbons (Fsp3) is 0.300. The third-order valence-corrected chi connectivity index (χ3v) is 1.94. The summed E-state index contributed by atoms with van der Waals surface area (Å²) in [6.07, 6.45) is 1.42. The highest BCUT2D eigenvalue weighted by Gasteiger charge is 2.01. The van der Waals surface area contributed by atoms with E-state index in [1.165, 1.54) is 0 Å². The zero-order chi connectivity index (χ0) is 10.4. The maximum absolute atomic E-state index is 10.2. The molecule has 0 spiro atoms. The van der Waals surface area contributed by atoms with Gasteiger partial charge in [-0.05, 0) is 37.7 Å². The highest BCUT2D eigenvalue weighted by atomic mass is 16.3. The first-order valence-electron chi connectivity index (χ1n) is 4.44. The van der Waals surface area contributed by atoms with Gasteiger partial charge in [0.1, 0.15) is 5.75 Å². The lowest BCUT2D eigenvalue weighted by molar-refractivity contribution is -0.105. The number of amides is 1. The van der Waals surface area contributed by atoms with Crippen LogP contribution in [-0.4, -0.2) is 25.1 Å². The Morgan fingerprint density at radius 1 is 1.50 bits per heavy atom. The van der Waals surface area contributed by atoms with Crippen LogP contribution in [0.4, 0.5) is 5.69 Å². The minimum absolute atomic E-state index is 0.0882. The van der Waals surface area contributed by atoms with E-state index in [4.69, 9.17) is 0 Å². The summed E-state index contributed by atoms with van der Waals surface area (Å²) in [5.41, 5.74) is 1.52. The van der Waals surface area contributed by atoms with Gasteiger partial charge in [-0.2, -0.15) is 0 Å². The second-order valence-corrected chi connectivity index (χ2v) is 2.97. The first kappa shape index (κ1) is 10.5. The predicted molar refractivity (Wildman–Crippen MR) is 55.4 cm³/mol. The standard InChI is InChI=1S/C10H14N2O2/c1-11-5-4-8-2-3-10(14)9(6-8)12-7-13/h2-3,6-7,11,14H,4-5H2,1H3,(H,12,13). The lowest BCUT2D eigenvalue weighted by Crippen LogP contribution is -2.10. The zero-order valence-electron chi connectivity index (χ0n) is 8.08. The minimum Gasteiger partial charge on any atom is -0.506 e. The molecule has 4 heteroatoms. The Hall–Kier alpha value is -1.55. The van der Waals surface area contributed by atoms with Gasteiger partial charge < -0.3 is 15.7 Å². The number of carbonyl (C=O) groups is 1. The van der Waals surface area contributed by atoms with Gasteiger partial charge in [-0.1, -0.05) is 6.07 Å². The van der Waals surface area contributed by atoms with E-state index in [9.17, 15) is 9.90 Å². The van der Waals surface area contributed by atoms with Crippen molar-refractivity contribution < 1.29 is 9.90 Å². The van der Waals surface area contributed by atoms with E-state index >= 15 is 0 Å². The molecule has 0 unspecified atom stereocenters. The van der Waals surface area contributed by atoms with Gasteiger partial charge in [-0.3, -0.25) is 4.79 Å². The maximum Gasteiger partial charge on any atom is 0.211 e. The van der Waals surface area contributed by atoms with Gasteiger partial charge in [0.05, 0.1) is 5.69 Å². The summed E-state index contributed by atoms with van der Waals surface area (Å²) in [7, 11) is 1.88. The van der Waals surface area contributed by atoms with E-state index in [0.29, 0.717) is 12.1 Å². The Kier molecular flexibility index (Phi) is 3.94. The number of phenols is 1. The number of aromatic hydroxyl groups is 1. The van der Waals surface area contributed by atoms with Crippen molar-refractivity contribution in [3.05, 3.63) is 23.8 Å². The molecule has 0 aliphatic heterocycles. The van der Waals surface area contributed by atoms with Crippen LogP contribution in [-0.2, 0) is 11.2 Å². The van der Waals surface area contributed by atoms with Crippen molar-refractivity contribution in [1.29, 1.82) is 0 Å². The molecule has 1 rings (SSSR count). The van der Waals surface area contributed by atoms with E-state index in [2.05, 4.69) is 10.6 Å². The molecule has 0 aliphatic carbocycles. The van der Waals surface area contributed by atoms with E-state index in [0.717, 1.165) is 18.5 Å². The predicted octanol–water partition coefficient (Wildman–Crippen LogP) is 0.722. The van der Waals surface area contributed by atoms with Crippen molar-refractivity contribution in [3.8, 4) is 5.75 Å². The lowest BCUT2D eigenvalue weighted by atomic mass is 10.1. The van der Waals surface area contributed by atoms with Crippen molar-refractivity contribution in [2.75, 3.05) is 18.9 Å². The number of nitrogens with one attached hydrogen (secondary N) is 2. The second kappa shape index (κ2) is 5.24. The Morgan fingerprint density at radius 2 is 2.29 bits per heavy atom. The van der Waals surface area contributed by atoms with Crippen LogP contribution in [0.25, 0.3) is 0 Å². The summed E-state index contributed by atoms with van der Waals surface area (Å²) in [5, 5.41) is 14.8. The van der Waals surface area contributed by atoms with Crippen molar-refractivity contribution in [2.45, 2.75) is 6.42 Å². The van der Waals surface area contributed by atoms with Crippen LogP contribution in [0.3, 0.4) is 0 Å². The molecular formula is C10H14N2O2. The molecule has 0 bridgehead atoms. The molecule has 0 aromatic heterocycles. The van der Waals surface area contributed by atoms with Crippen LogP contribution >= 0.6 is 0 Å². The van der Waals surface area contributed by atoms with Gasteiger partial charge in [0.25, 0.3) is 0 Å². The monoisotopic (exact) mass is 194 g/mol. The summed E-state index contributed by atoms with van der Waals surface area (Å²) in [4.78, 5) is 10.2. The van der Waals surface area contributed by atoms with Crippen molar-refractivity contribution in [1.82, 2.24) is 5.32 Å². The SMILES string of the molecule is CNCCc1ccc(O)c(NC=O)c1. The van der Waals surface area contributed by atoms with Crippen molar-refractivity contribution in [2.24, 2.45) is 0 Å². The summed E-state index contributed by atoms with van der Waals surface area (Å²) in [6, 6.07) is 5.18. The lowest BCUT2D eigenvalue weighted by Gasteiger charge is -2.06. The van der Waals surface area contributed by atoms with Crippen molar-refractivity contribution in [3.63, 3.8) is 0 Å². The van der Waals surface area contributed by atoms with E-state index in [1.807, 2.05) is 13.1 Å². The topological polar surface area (TPSA) is 61.4 Å². The molecule has 3 N–H and O–H groups in total. The maximum atomic E-state index is 10.2. The fourth-order valence-electron chi connectivity index (χ4n) is 1.19. The number of likely N-dealkylation sites (N-methyl/N-ethyl adjacent to an activating group) is 1. The second-order valence-electron chi connectivity index (χ2n) is 2.97. The van der Waals surface area contributed by atoms with Crippen LogP contribution in [0.1, 0.15) is 5.56 Å². The third-order valence-electron chi connectivity index (χ3n) is 1.94. The summed E-state index contributed by atoms with van der Waals surface area (Å²) in [6.45, 7) is 0.866. The van der Waals surface area contributed by atoms with E-state index < -0.39 is 0 Å². The van der Waals surface area contributed by atoms with Gasteiger partial charge >= 0.3 is 0 Å². The summed E-state index contributed by atoms with van der Waals surface area (Å²) < 4.78 is 0. The van der Waals surface area contributed by atoms with Crippen LogP contribution in [0.2, 0.25) is 0 Å². The Labute approximate surface area is 82.9 Å². The molecule has 0 atom stereocenters. The van der Waals surface area contributed by atoms with Crippen molar-refractivity contribution >= 4 is 12.1 Å². The number of rotatable bonds is 5. The van der Waals surface area contributed by atoms with Gasteiger partial charge in [0.15, 0.2) is 0 Å². The van der Waals surface area contributed by atoms with E-state index in [-0.39, 0.29) is 5.75 Å². The van der Waals surface area contributed by atoms with Crippen LogP contribution < -0.4 is 10.6 Å². The number of hydrogen-bond donors (Lipinski definition) is 3. The molecule has 1 amide bonds. The Morgan fingerprint density at radius 3 is 2.93 bits per heavy atom. The van der Waals surface area contributed by atoms with Gasteiger partial charge in [-0.15, -0.1) is 0 Å². The molecule has 0 fully saturated rings. The molecule has 1 aromatic carbocycles. The molecule has 0 heterocycles. The van der Waals surface area contributed by atoms with Crippen LogP contribution in [0.15, 0.2) is 18.2 Å². The minimum atomic E-state index is 0.0882. The number of benzene rings is 1. The Balaban J connectivity index is 2.77. The largest absolute Gasteiger partial charge is 0.506 e. The third kappa shape index (κ3) is 2.74. The molecule has 1 aromatic rings. The first-order chi connectivity index (χ1) is 6.77. The molecular weight excluding hydrogens is 180 g/mol. The smallest absolute Gasteiger partial charge is 0.211 e. The quantitative estimate of drug-likeness (QED) is 0.478. The molecule has 0 aliphatic rings. The summed E-state index contributed by atoms with van der Waals surface area (Å²) >= 11 is 0. The average Bonchev–Trinajstić information content (AvgIpc) is 2.19.